The van der Waals surface area contributed by atoms with E-state index in [0.717, 1.165) is 18.8 Å². The molecule has 0 radical (unpaired) electrons. The third-order valence-corrected chi connectivity index (χ3v) is 3.80. The fourth-order valence-electron chi connectivity index (χ4n) is 2.45. The minimum Gasteiger partial charge on any atom is -0.398 e. The minimum atomic E-state index is 0.552. The summed E-state index contributed by atoms with van der Waals surface area (Å²) in [5.74, 6) is 0. The SMILES string of the molecule is CN1CCC(N(C)c2ccc(N)c(C#N)c2)CC1. The molecule has 0 bridgehead atoms. The maximum atomic E-state index is 9.01. The second-order valence-corrected chi connectivity index (χ2v) is 5.03. The zero-order chi connectivity index (χ0) is 13.1. The molecule has 0 spiro atoms. The van der Waals surface area contributed by atoms with Crippen molar-refractivity contribution in [2.75, 3.05) is 37.8 Å². The van der Waals surface area contributed by atoms with Gasteiger partial charge in [0.1, 0.15) is 6.07 Å². The number of piperidine rings is 1. The van der Waals surface area contributed by atoms with Crippen molar-refractivity contribution < 1.29 is 0 Å². The Hall–Kier alpha value is -1.73. The van der Waals surface area contributed by atoms with Gasteiger partial charge in [-0.1, -0.05) is 0 Å². The second kappa shape index (κ2) is 5.28. The first-order valence-corrected chi connectivity index (χ1v) is 6.33. The van der Waals surface area contributed by atoms with E-state index in [4.69, 9.17) is 11.0 Å². The third-order valence-electron chi connectivity index (χ3n) is 3.80. The van der Waals surface area contributed by atoms with Crippen LogP contribution < -0.4 is 10.6 Å². The monoisotopic (exact) mass is 244 g/mol. The van der Waals surface area contributed by atoms with Crippen LogP contribution >= 0.6 is 0 Å². The van der Waals surface area contributed by atoms with Crippen LogP contribution in [-0.4, -0.2) is 38.1 Å². The lowest BCUT2D eigenvalue weighted by molar-refractivity contribution is 0.253. The van der Waals surface area contributed by atoms with Gasteiger partial charge >= 0.3 is 0 Å². The summed E-state index contributed by atoms with van der Waals surface area (Å²) in [4.78, 5) is 4.63. The zero-order valence-electron chi connectivity index (χ0n) is 11.1. The molecule has 4 heteroatoms. The summed E-state index contributed by atoms with van der Waals surface area (Å²) in [5, 5.41) is 9.01. The number of benzene rings is 1. The maximum absolute atomic E-state index is 9.01. The molecule has 1 aromatic rings. The number of nitriles is 1. The number of nitrogens with zero attached hydrogens (tertiary/aromatic N) is 3. The zero-order valence-corrected chi connectivity index (χ0v) is 11.1. The number of likely N-dealkylation sites (tertiary alicyclic amines) is 1. The van der Waals surface area contributed by atoms with Crippen LogP contribution in [0.2, 0.25) is 0 Å². The molecule has 0 aromatic heterocycles. The summed E-state index contributed by atoms with van der Waals surface area (Å²) in [7, 11) is 4.26. The number of hydrogen-bond donors (Lipinski definition) is 1. The summed E-state index contributed by atoms with van der Waals surface area (Å²) < 4.78 is 0. The van der Waals surface area contributed by atoms with Crippen LogP contribution in [-0.2, 0) is 0 Å². The molecule has 0 saturated carbocycles. The average Bonchev–Trinajstić information content (AvgIpc) is 2.39. The lowest BCUT2D eigenvalue weighted by Crippen LogP contribution is -2.42. The van der Waals surface area contributed by atoms with Crippen molar-refractivity contribution in [2.45, 2.75) is 18.9 Å². The van der Waals surface area contributed by atoms with E-state index in [1.807, 2.05) is 18.2 Å². The predicted molar refractivity (Wildman–Crippen MR) is 74.5 cm³/mol. The summed E-state index contributed by atoms with van der Waals surface area (Å²) in [6.07, 6.45) is 2.33. The van der Waals surface area contributed by atoms with E-state index in [0.29, 0.717) is 17.3 Å². The van der Waals surface area contributed by atoms with E-state index in [2.05, 4.69) is 30.0 Å². The number of rotatable bonds is 2. The summed E-state index contributed by atoms with van der Waals surface area (Å²) in [6, 6.07) is 8.39. The highest BCUT2D eigenvalue weighted by atomic mass is 15.2. The highest BCUT2D eigenvalue weighted by molar-refractivity contribution is 5.62. The van der Waals surface area contributed by atoms with Crippen LogP contribution in [0.3, 0.4) is 0 Å². The van der Waals surface area contributed by atoms with Gasteiger partial charge < -0.3 is 15.5 Å². The lowest BCUT2D eigenvalue weighted by Gasteiger charge is -2.36. The van der Waals surface area contributed by atoms with E-state index in [1.165, 1.54) is 12.8 Å². The van der Waals surface area contributed by atoms with Gasteiger partial charge in [-0.15, -0.1) is 0 Å². The van der Waals surface area contributed by atoms with E-state index in [1.54, 1.807) is 0 Å². The molecule has 0 aliphatic carbocycles. The fraction of sp³-hybridized carbons (Fsp3) is 0.500. The Morgan fingerprint density at radius 2 is 2.06 bits per heavy atom. The molecule has 4 nitrogen and oxygen atoms in total. The van der Waals surface area contributed by atoms with Gasteiger partial charge in [0.05, 0.1) is 5.56 Å². The highest BCUT2D eigenvalue weighted by Crippen LogP contribution is 2.24. The van der Waals surface area contributed by atoms with Gasteiger partial charge in [0.15, 0.2) is 0 Å². The average molecular weight is 244 g/mol. The van der Waals surface area contributed by atoms with Crippen molar-refractivity contribution in [1.82, 2.24) is 4.90 Å². The minimum absolute atomic E-state index is 0.552. The van der Waals surface area contributed by atoms with Crippen molar-refractivity contribution >= 4 is 11.4 Å². The van der Waals surface area contributed by atoms with Crippen molar-refractivity contribution in [2.24, 2.45) is 0 Å². The molecule has 2 N–H and O–H groups in total. The summed E-state index contributed by atoms with van der Waals surface area (Å²) in [6.45, 7) is 2.27. The number of nitrogen functional groups attached to an aromatic ring is 1. The largest absolute Gasteiger partial charge is 0.398 e. The van der Waals surface area contributed by atoms with E-state index in [-0.39, 0.29) is 0 Å². The van der Waals surface area contributed by atoms with E-state index >= 15 is 0 Å². The Bertz CT molecular complexity index is 455. The smallest absolute Gasteiger partial charge is 0.101 e. The van der Waals surface area contributed by atoms with Crippen LogP contribution in [0.25, 0.3) is 0 Å². The van der Waals surface area contributed by atoms with Crippen LogP contribution in [0.4, 0.5) is 11.4 Å². The van der Waals surface area contributed by atoms with Gasteiger partial charge in [0, 0.05) is 24.5 Å². The molecule has 1 aliphatic rings. The number of anilines is 2. The van der Waals surface area contributed by atoms with Crippen molar-refractivity contribution in [3.05, 3.63) is 23.8 Å². The van der Waals surface area contributed by atoms with Gasteiger partial charge in [-0.3, -0.25) is 0 Å². The van der Waals surface area contributed by atoms with E-state index < -0.39 is 0 Å². The topological polar surface area (TPSA) is 56.3 Å². The molecule has 1 fully saturated rings. The normalized spacial score (nSPS) is 17.4. The molecule has 18 heavy (non-hydrogen) atoms. The van der Waals surface area contributed by atoms with Crippen LogP contribution in [0, 0.1) is 11.3 Å². The fourth-order valence-corrected chi connectivity index (χ4v) is 2.45. The first kappa shape index (κ1) is 12.7. The molecule has 0 amide bonds. The molecule has 0 unspecified atom stereocenters. The Kier molecular flexibility index (Phi) is 3.73. The quantitative estimate of drug-likeness (QED) is 0.804. The molecule has 1 heterocycles. The molecular weight excluding hydrogens is 224 g/mol. The Morgan fingerprint density at radius 1 is 1.39 bits per heavy atom. The molecule has 1 saturated heterocycles. The Balaban J connectivity index is 2.14. The molecule has 1 aromatic carbocycles. The van der Waals surface area contributed by atoms with Crippen molar-refractivity contribution in [3.63, 3.8) is 0 Å². The highest BCUT2D eigenvalue weighted by Gasteiger charge is 2.21. The molecular formula is C14H20N4. The number of nitrogens with two attached hydrogens (primary N) is 1. The van der Waals surface area contributed by atoms with Gasteiger partial charge in [-0.25, -0.2) is 0 Å². The van der Waals surface area contributed by atoms with Crippen LogP contribution in [0.1, 0.15) is 18.4 Å². The second-order valence-electron chi connectivity index (χ2n) is 5.03. The third kappa shape index (κ3) is 2.57. The van der Waals surface area contributed by atoms with E-state index in [9.17, 15) is 0 Å². The predicted octanol–water partition coefficient (Wildman–Crippen LogP) is 1.67. The van der Waals surface area contributed by atoms with Gasteiger partial charge in [-0.05, 0) is 51.2 Å². The van der Waals surface area contributed by atoms with Gasteiger partial charge in [0.25, 0.3) is 0 Å². The standard InChI is InChI=1S/C14H20N4/c1-17-7-5-12(6-8-17)18(2)13-3-4-14(16)11(9-13)10-15/h3-4,9,12H,5-8,16H2,1-2H3. The lowest BCUT2D eigenvalue weighted by atomic mass is 10.0. The molecule has 1 aliphatic heterocycles. The first-order chi connectivity index (χ1) is 8.61. The summed E-state index contributed by atoms with van der Waals surface area (Å²) in [5.41, 5.74) is 7.94. The van der Waals surface area contributed by atoms with Crippen LogP contribution in [0.15, 0.2) is 18.2 Å². The van der Waals surface area contributed by atoms with Gasteiger partial charge in [0.2, 0.25) is 0 Å². The first-order valence-electron chi connectivity index (χ1n) is 6.33. The van der Waals surface area contributed by atoms with Crippen molar-refractivity contribution in [3.8, 4) is 6.07 Å². The Labute approximate surface area is 109 Å². The molecule has 96 valence electrons. The Morgan fingerprint density at radius 3 is 2.67 bits per heavy atom. The summed E-state index contributed by atoms with van der Waals surface area (Å²) >= 11 is 0. The molecule has 0 atom stereocenters. The maximum Gasteiger partial charge on any atom is 0.101 e. The van der Waals surface area contributed by atoms with Gasteiger partial charge in [-0.2, -0.15) is 5.26 Å². The molecule has 2 rings (SSSR count). The van der Waals surface area contributed by atoms with Crippen LogP contribution in [0.5, 0.6) is 0 Å². The number of hydrogen-bond acceptors (Lipinski definition) is 4. The van der Waals surface area contributed by atoms with Crippen molar-refractivity contribution in [1.29, 1.82) is 5.26 Å².